The Morgan fingerprint density at radius 2 is 1.97 bits per heavy atom. The van der Waals surface area contributed by atoms with Gasteiger partial charge < -0.3 is 15.5 Å². The number of hydrogen-bond acceptors (Lipinski definition) is 7. The molecular weight excluding hydrogens is 488 g/mol. The number of halogens is 4. The Morgan fingerprint density at radius 3 is 2.63 bits per heavy atom. The number of hydrogen-bond donors (Lipinski definition) is 3. The number of anilines is 2. The summed E-state index contributed by atoms with van der Waals surface area (Å²) in [6, 6.07) is 4.58. The Bertz CT molecular complexity index is 1260. The van der Waals surface area contributed by atoms with Crippen LogP contribution in [0.2, 0.25) is 0 Å². The van der Waals surface area contributed by atoms with Gasteiger partial charge in [0.15, 0.2) is 0 Å². The van der Waals surface area contributed by atoms with Gasteiger partial charge in [-0.3, -0.25) is 4.79 Å². The third-order valence-corrected chi connectivity index (χ3v) is 7.36. The summed E-state index contributed by atoms with van der Waals surface area (Å²) in [5, 5.41) is 23.8. The van der Waals surface area contributed by atoms with E-state index in [9.17, 15) is 32.6 Å². The molecule has 186 valence electrons. The quantitative estimate of drug-likeness (QED) is 0.384. The fourth-order valence-electron chi connectivity index (χ4n) is 4.51. The van der Waals surface area contributed by atoms with Crippen molar-refractivity contribution < 1.29 is 32.6 Å². The van der Waals surface area contributed by atoms with E-state index in [0.717, 1.165) is 29.7 Å². The normalized spacial score (nSPS) is 22.1. The predicted octanol–water partition coefficient (Wildman–Crippen LogP) is 5.60. The van der Waals surface area contributed by atoms with Crippen LogP contribution in [-0.2, 0) is 16.6 Å². The van der Waals surface area contributed by atoms with Crippen LogP contribution < -0.4 is 5.32 Å². The second kappa shape index (κ2) is 8.83. The third kappa shape index (κ3) is 5.27. The zero-order chi connectivity index (χ0) is 25.6. The molecule has 0 aliphatic heterocycles. The second-order valence-corrected chi connectivity index (χ2v) is 10.3. The molecule has 35 heavy (non-hydrogen) atoms. The van der Waals surface area contributed by atoms with Crippen LogP contribution in [0.5, 0.6) is 0 Å². The van der Waals surface area contributed by atoms with Crippen LogP contribution in [0.4, 0.5) is 29.2 Å². The summed E-state index contributed by atoms with van der Waals surface area (Å²) in [5.41, 5.74) is -2.58. The van der Waals surface area contributed by atoms with Gasteiger partial charge in [0.05, 0.1) is 10.8 Å². The van der Waals surface area contributed by atoms with Crippen molar-refractivity contribution in [2.45, 2.75) is 44.9 Å². The maximum absolute atomic E-state index is 14.4. The van der Waals surface area contributed by atoms with Crippen molar-refractivity contribution >= 4 is 28.9 Å². The average molecular weight is 511 g/mol. The lowest BCUT2D eigenvalue weighted by atomic mass is 9.63. The molecule has 1 aliphatic rings. The van der Waals surface area contributed by atoms with Crippen molar-refractivity contribution in [3.63, 3.8) is 0 Å². The molecule has 2 atom stereocenters. The van der Waals surface area contributed by atoms with E-state index in [2.05, 4.69) is 20.3 Å². The third-order valence-electron chi connectivity index (χ3n) is 6.12. The molecule has 12 heteroatoms. The highest BCUT2D eigenvalue weighted by molar-refractivity contribution is 7.15. The SMILES string of the molecule is CC1(C)C[C@](O)(c2ncc(-c3cc(F)cc(Nc4nccc(C(F)(F)F)n4)c3)s2)CC[C@H]1C(=O)O. The van der Waals surface area contributed by atoms with Gasteiger partial charge in [-0.15, -0.1) is 11.3 Å². The van der Waals surface area contributed by atoms with Crippen molar-refractivity contribution in [3.8, 4) is 10.4 Å². The summed E-state index contributed by atoms with van der Waals surface area (Å²) in [7, 11) is 0. The maximum atomic E-state index is 14.4. The molecule has 3 N–H and O–H groups in total. The minimum Gasteiger partial charge on any atom is -0.481 e. The highest BCUT2D eigenvalue weighted by Gasteiger charge is 2.49. The molecular formula is C23H22F4N4O3S. The molecule has 3 aromatic rings. The van der Waals surface area contributed by atoms with Gasteiger partial charge in [-0.25, -0.2) is 19.3 Å². The molecule has 7 nitrogen and oxygen atoms in total. The Balaban J connectivity index is 1.59. The van der Waals surface area contributed by atoms with Crippen molar-refractivity contribution in [3.05, 3.63) is 53.2 Å². The van der Waals surface area contributed by atoms with Crippen LogP contribution in [0, 0.1) is 17.2 Å². The minimum atomic E-state index is -4.65. The first-order valence-electron chi connectivity index (χ1n) is 10.7. The number of benzene rings is 1. The summed E-state index contributed by atoms with van der Waals surface area (Å²) in [4.78, 5) is 23.6. The lowest BCUT2D eigenvalue weighted by Crippen LogP contribution is -2.44. The number of aliphatic hydroxyl groups is 1. The fourth-order valence-corrected chi connectivity index (χ4v) is 5.53. The van der Waals surface area contributed by atoms with E-state index < -0.39 is 40.6 Å². The van der Waals surface area contributed by atoms with Gasteiger partial charge in [-0.05, 0) is 54.5 Å². The number of carboxylic acid groups (broad SMARTS) is 1. The Hall–Kier alpha value is -3.12. The molecule has 0 bridgehead atoms. The van der Waals surface area contributed by atoms with Crippen LogP contribution in [0.3, 0.4) is 0 Å². The molecule has 0 unspecified atom stereocenters. The summed E-state index contributed by atoms with van der Waals surface area (Å²) in [5.74, 6) is -2.47. The molecule has 1 aliphatic carbocycles. The molecule has 0 amide bonds. The highest BCUT2D eigenvalue weighted by Crippen LogP contribution is 2.51. The Kier molecular flexibility index (Phi) is 6.30. The lowest BCUT2D eigenvalue weighted by molar-refractivity contribution is -0.154. The molecule has 1 fully saturated rings. The van der Waals surface area contributed by atoms with E-state index >= 15 is 0 Å². The summed E-state index contributed by atoms with van der Waals surface area (Å²) in [6.45, 7) is 3.59. The molecule has 0 saturated heterocycles. The smallest absolute Gasteiger partial charge is 0.433 e. The standard InChI is InChI=1S/C23H22F4N4O3S/c1-21(2)11-22(34,5-3-15(21)18(32)33)19-29-10-16(35-19)12-7-13(24)9-14(8-12)30-20-28-6-4-17(31-20)23(25,26)27/h4,6-10,15,34H,3,5,11H2,1-2H3,(H,32,33)(H,28,30,31)/t15-,22-/m0/s1. The molecule has 2 aromatic heterocycles. The van der Waals surface area contributed by atoms with Crippen LogP contribution in [0.15, 0.2) is 36.7 Å². The van der Waals surface area contributed by atoms with E-state index in [1.165, 1.54) is 18.3 Å². The summed E-state index contributed by atoms with van der Waals surface area (Å²) >= 11 is 1.15. The first-order chi connectivity index (χ1) is 16.3. The Morgan fingerprint density at radius 1 is 1.23 bits per heavy atom. The second-order valence-electron chi connectivity index (χ2n) is 9.27. The van der Waals surface area contributed by atoms with Crippen LogP contribution >= 0.6 is 11.3 Å². The predicted molar refractivity (Wildman–Crippen MR) is 120 cm³/mol. The molecule has 1 saturated carbocycles. The number of nitrogens with zero attached hydrogens (tertiary/aromatic N) is 3. The van der Waals surface area contributed by atoms with Crippen molar-refractivity contribution in [2.75, 3.05) is 5.32 Å². The molecule has 0 spiro atoms. The first-order valence-corrected chi connectivity index (χ1v) is 11.5. The number of rotatable bonds is 5. The van der Waals surface area contributed by atoms with Gasteiger partial charge in [0.2, 0.25) is 5.95 Å². The van der Waals surface area contributed by atoms with Gasteiger partial charge in [0, 0.05) is 18.1 Å². The van der Waals surface area contributed by atoms with Gasteiger partial charge in [0.25, 0.3) is 0 Å². The number of nitrogens with one attached hydrogen (secondary N) is 1. The molecule has 4 rings (SSSR count). The first kappa shape index (κ1) is 25.0. The van der Waals surface area contributed by atoms with E-state index in [1.807, 2.05) is 0 Å². The molecule has 2 heterocycles. The monoisotopic (exact) mass is 510 g/mol. The number of carboxylic acids is 1. The number of alkyl halides is 3. The zero-order valence-corrected chi connectivity index (χ0v) is 19.5. The average Bonchev–Trinajstić information content (AvgIpc) is 3.23. The van der Waals surface area contributed by atoms with E-state index in [0.29, 0.717) is 21.9 Å². The molecule has 0 radical (unpaired) electrons. The lowest BCUT2D eigenvalue weighted by Gasteiger charge is -2.44. The van der Waals surface area contributed by atoms with Crippen molar-refractivity contribution in [2.24, 2.45) is 11.3 Å². The summed E-state index contributed by atoms with van der Waals surface area (Å²) < 4.78 is 53.1. The van der Waals surface area contributed by atoms with E-state index in [1.54, 1.807) is 13.8 Å². The topological polar surface area (TPSA) is 108 Å². The van der Waals surface area contributed by atoms with Gasteiger partial charge in [-0.2, -0.15) is 13.2 Å². The van der Waals surface area contributed by atoms with Crippen molar-refractivity contribution in [1.29, 1.82) is 0 Å². The summed E-state index contributed by atoms with van der Waals surface area (Å²) in [6.07, 6.45) is -1.50. The molecule has 1 aromatic carbocycles. The van der Waals surface area contributed by atoms with Crippen LogP contribution in [0.25, 0.3) is 10.4 Å². The van der Waals surface area contributed by atoms with E-state index in [4.69, 9.17) is 0 Å². The minimum absolute atomic E-state index is 0.135. The van der Waals surface area contributed by atoms with Gasteiger partial charge in [0.1, 0.15) is 22.1 Å². The van der Waals surface area contributed by atoms with Gasteiger partial charge >= 0.3 is 12.1 Å². The maximum Gasteiger partial charge on any atom is 0.433 e. The van der Waals surface area contributed by atoms with E-state index in [-0.39, 0.29) is 24.5 Å². The number of aromatic nitrogens is 3. The van der Waals surface area contributed by atoms with Crippen LogP contribution in [-0.4, -0.2) is 31.1 Å². The largest absolute Gasteiger partial charge is 0.481 e. The number of carbonyl (C=O) groups is 1. The van der Waals surface area contributed by atoms with Crippen LogP contribution in [0.1, 0.15) is 43.8 Å². The number of thiazole rings is 1. The Labute approximate surface area is 201 Å². The fraction of sp³-hybridized carbons (Fsp3) is 0.391. The van der Waals surface area contributed by atoms with Crippen molar-refractivity contribution in [1.82, 2.24) is 15.0 Å². The van der Waals surface area contributed by atoms with Gasteiger partial charge in [-0.1, -0.05) is 13.8 Å². The zero-order valence-electron chi connectivity index (χ0n) is 18.7. The highest BCUT2D eigenvalue weighted by atomic mass is 32.1. The number of aliphatic carboxylic acids is 1.